The highest BCUT2D eigenvalue weighted by Crippen LogP contribution is 2.40. The van der Waals surface area contributed by atoms with Crippen LogP contribution >= 0.6 is 0 Å². The molecule has 0 spiro atoms. The van der Waals surface area contributed by atoms with Gasteiger partial charge in [0.2, 0.25) is 11.5 Å². The van der Waals surface area contributed by atoms with Crippen molar-refractivity contribution in [2.75, 3.05) is 25.0 Å². The Balaban J connectivity index is 1.40. The van der Waals surface area contributed by atoms with Gasteiger partial charge >= 0.3 is 0 Å². The summed E-state index contributed by atoms with van der Waals surface area (Å²) < 4.78 is 48.7. The Kier molecular flexibility index (Phi) is 6.23. The summed E-state index contributed by atoms with van der Waals surface area (Å²) in [7, 11) is 0. The molecular weight excluding hydrogens is 425 g/mol. The quantitative estimate of drug-likeness (QED) is 0.677. The zero-order valence-corrected chi connectivity index (χ0v) is 17.6. The lowest BCUT2D eigenvalue weighted by Crippen LogP contribution is -2.52. The fourth-order valence-corrected chi connectivity index (χ4v) is 3.75. The SMILES string of the molecule is CC(C(=O)Nc1cc(F)c(OCC2CC2)cn1)N1CCC(F)(F)[C@@H](c2ccc(=O)[nH]c2)C1. The number of rotatable bonds is 7. The average molecular weight is 450 g/mol. The highest BCUT2D eigenvalue weighted by Gasteiger charge is 2.46. The van der Waals surface area contributed by atoms with E-state index in [-0.39, 0.29) is 30.2 Å². The second kappa shape index (κ2) is 8.93. The molecule has 1 aliphatic heterocycles. The van der Waals surface area contributed by atoms with Crippen molar-refractivity contribution in [2.45, 2.75) is 44.1 Å². The van der Waals surface area contributed by atoms with E-state index >= 15 is 0 Å². The van der Waals surface area contributed by atoms with Gasteiger partial charge in [0.15, 0.2) is 11.6 Å². The van der Waals surface area contributed by atoms with Crippen molar-refractivity contribution >= 4 is 11.7 Å². The number of amides is 1. The Morgan fingerprint density at radius 1 is 1.41 bits per heavy atom. The van der Waals surface area contributed by atoms with Gasteiger partial charge in [-0.15, -0.1) is 0 Å². The Labute approximate surface area is 183 Å². The van der Waals surface area contributed by atoms with Crippen molar-refractivity contribution in [1.82, 2.24) is 14.9 Å². The largest absolute Gasteiger partial charge is 0.489 e. The van der Waals surface area contributed by atoms with Crippen molar-refractivity contribution in [1.29, 1.82) is 0 Å². The van der Waals surface area contributed by atoms with Crippen LogP contribution in [0, 0.1) is 11.7 Å². The maximum Gasteiger partial charge on any atom is 0.257 e. The summed E-state index contributed by atoms with van der Waals surface area (Å²) in [5.41, 5.74) is -0.0707. The molecule has 2 atom stereocenters. The van der Waals surface area contributed by atoms with Crippen LogP contribution in [-0.4, -0.2) is 52.4 Å². The fraction of sp³-hybridized carbons (Fsp3) is 0.500. The van der Waals surface area contributed by atoms with Gasteiger partial charge in [0.05, 0.1) is 24.8 Å². The van der Waals surface area contributed by atoms with Crippen molar-refractivity contribution in [2.24, 2.45) is 5.92 Å². The fourth-order valence-electron chi connectivity index (χ4n) is 3.75. The molecule has 0 bridgehead atoms. The number of nitrogens with one attached hydrogen (secondary N) is 2. The van der Waals surface area contributed by atoms with Gasteiger partial charge in [0, 0.05) is 37.8 Å². The van der Waals surface area contributed by atoms with E-state index < -0.39 is 36.0 Å². The Hall–Kier alpha value is -2.88. The average Bonchev–Trinajstić information content (AvgIpc) is 3.58. The molecule has 2 fully saturated rings. The number of aromatic amines is 1. The Bertz CT molecular complexity index is 1020. The second-order valence-electron chi connectivity index (χ2n) is 8.46. The monoisotopic (exact) mass is 450 g/mol. The summed E-state index contributed by atoms with van der Waals surface area (Å²) in [6, 6.07) is 2.93. The van der Waals surface area contributed by atoms with Crippen molar-refractivity contribution < 1.29 is 22.7 Å². The van der Waals surface area contributed by atoms with Crippen molar-refractivity contribution in [3.8, 4) is 5.75 Å². The summed E-state index contributed by atoms with van der Waals surface area (Å²) in [5, 5.41) is 2.54. The van der Waals surface area contributed by atoms with E-state index in [0.717, 1.165) is 18.9 Å². The number of carbonyl (C=O) groups excluding carboxylic acids is 1. The number of aromatic nitrogens is 2. The Morgan fingerprint density at radius 2 is 2.19 bits per heavy atom. The lowest BCUT2D eigenvalue weighted by Gasteiger charge is -2.40. The molecule has 1 saturated heterocycles. The number of hydrogen-bond acceptors (Lipinski definition) is 5. The maximum atomic E-state index is 14.6. The number of alkyl halides is 2. The number of nitrogens with zero attached hydrogens (tertiary/aromatic N) is 2. The molecule has 4 rings (SSSR count). The van der Waals surface area contributed by atoms with Crippen LogP contribution in [0.25, 0.3) is 0 Å². The van der Waals surface area contributed by atoms with Crippen molar-refractivity contribution in [3.05, 3.63) is 52.3 Å². The van der Waals surface area contributed by atoms with Crippen molar-refractivity contribution in [3.63, 3.8) is 0 Å². The molecule has 1 amide bonds. The van der Waals surface area contributed by atoms with E-state index in [2.05, 4.69) is 15.3 Å². The summed E-state index contributed by atoms with van der Waals surface area (Å²) in [6.45, 7) is 2.00. The van der Waals surface area contributed by atoms with Gasteiger partial charge in [-0.1, -0.05) is 6.07 Å². The number of pyridine rings is 2. The molecule has 172 valence electrons. The maximum absolute atomic E-state index is 14.6. The topological polar surface area (TPSA) is 87.3 Å². The highest BCUT2D eigenvalue weighted by molar-refractivity contribution is 5.93. The second-order valence-corrected chi connectivity index (χ2v) is 8.46. The van der Waals surface area contributed by atoms with E-state index in [4.69, 9.17) is 4.74 Å². The Morgan fingerprint density at radius 3 is 2.84 bits per heavy atom. The third-order valence-electron chi connectivity index (χ3n) is 6.04. The van der Waals surface area contributed by atoms with E-state index in [1.807, 2.05) is 0 Å². The zero-order chi connectivity index (χ0) is 22.9. The number of carbonyl (C=O) groups is 1. The number of likely N-dealkylation sites (tertiary alicyclic amines) is 1. The summed E-state index contributed by atoms with van der Waals surface area (Å²) in [5.74, 6) is -4.71. The van der Waals surface area contributed by atoms with Crippen LogP contribution < -0.4 is 15.6 Å². The smallest absolute Gasteiger partial charge is 0.257 e. The minimum atomic E-state index is -2.97. The molecule has 0 aromatic carbocycles. The first-order valence-electron chi connectivity index (χ1n) is 10.6. The van der Waals surface area contributed by atoms with E-state index in [0.29, 0.717) is 18.1 Å². The molecule has 32 heavy (non-hydrogen) atoms. The number of halogens is 3. The van der Waals surface area contributed by atoms with Crippen LogP contribution in [0.3, 0.4) is 0 Å². The van der Waals surface area contributed by atoms with E-state index in [1.165, 1.54) is 24.5 Å². The van der Waals surface area contributed by atoms with Gasteiger partial charge in [-0.05, 0) is 31.2 Å². The lowest BCUT2D eigenvalue weighted by molar-refractivity contribution is -0.125. The van der Waals surface area contributed by atoms with Gasteiger partial charge in [0.25, 0.3) is 5.92 Å². The third kappa shape index (κ3) is 5.12. The number of piperidine rings is 1. The molecule has 2 N–H and O–H groups in total. The first kappa shape index (κ1) is 22.3. The van der Waals surface area contributed by atoms with Gasteiger partial charge in [0.1, 0.15) is 5.82 Å². The van der Waals surface area contributed by atoms with Gasteiger partial charge in [-0.25, -0.2) is 18.2 Å². The van der Waals surface area contributed by atoms with Crippen LogP contribution in [0.15, 0.2) is 35.4 Å². The molecule has 10 heteroatoms. The first-order chi connectivity index (χ1) is 15.2. The first-order valence-corrected chi connectivity index (χ1v) is 10.6. The van der Waals surface area contributed by atoms with E-state index in [1.54, 1.807) is 11.8 Å². The van der Waals surface area contributed by atoms with Gasteiger partial charge in [-0.3, -0.25) is 14.5 Å². The molecule has 2 aromatic rings. The van der Waals surface area contributed by atoms with Crippen LogP contribution in [-0.2, 0) is 4.79 Å². The van der Waals surface area contributed by atoms with Crippen LogP contribution in [0.4, 0.5) is 19.0 Å². The van der Waals surface area contributed by atoms with E-state index in [9.17, 15) is 22.8 Å². The normalized spacial score (nSPS) is 21.7. The summed E-state index contributed by atoms with van der Waals surface area (Å²) in [6.07, 6.45) is 4.24. The number of H-pyrrole nitrogens is 1. The molecule has 1 unspecified atom stereocenters. The van der Waals surface area contributed by atoms with Gasteiger partial charge < -0.3 is 15.0 Å². The molecular formula is C22H25F3N4O3. The minimum absolute atomic E-state index is 0.0250. The van der Waals surface area contributed by atoms with Crippen LogP contribution in [0.1, 0.15) is 37.7 Å². The number of anilines is 1. The lowest BCUT2D eigenvalue weighted by atomic mass is 9.87. The minimum Gasteiger partial charge on any atom is -0.489 e. The highest BCUT2D eigenvalue weighted by atomic mass is 19.3. The molecule has 2 aliphatic rings. The molecule has 1 saturated carbocycles. The molecule has 2 aromatic heterocycles. The number of hydrogen-bond donors (Lipinski definition) is 2. The number of ether oxygens (including phenoxy) is 1. The summed E-state index contributed by atoms with van der Waals surface area (Å²) in [4.78, 5) is 32.1. The van der Waals surface area contributed by atoms with Crippen LogP contribution in [0.5, 0.6) is 5.75 Å². The third-order valence-corrected chi connectivity index (χ3v) is 6.04. The van der Waals surface area contributed by atoms with Crippen LogP contribution in [0.2, 0.25) is 0 Å². The summed E-state index contributed by atoms with van der Waals surface area (Å²) >= 11 is 0. The molecule has 1 aliphatic carbocycles. The van der Waals surface area contributed by atoms with Gasteiger partial charge in [-0.2, -0.15) is 0 Å². The standard InChI is InChI=1S/C22H25F3N4O3/c1-13(21(31)28-19-8-17(23)18(10-26-19)32-12-14-2-3-14)29-7-6-22(24,25)16(11-29)15-4-5-20(30)27-9-15/h4-5,8-10,13-14,16H,2-3,6-7,11-12H2,1H3,(H,27,30)(H,26,28,31)/t13?,16-/m1/s1. The molecule has 7 nitrogen and oxygen atoms in total. The molecule has 3 heterocycles. The zero-order valence-electron chi connectivity index (χ0n) is 17.6. The molecule has 0 radical (unpaired) electrons. The predicted molar refractivity (Wildman–Crippen MR) is 111 cm³/mol. The predicted octanol–water partition coefficient (Wildman–Crippen LogP) is 3.15.